The zero-order chi connectivity index (χ0) is 70.3. The average molecular weight is 1400 g/mol. The standard InChI is InChI=1S/C76H148O17P2/c1-9-68(7)54-46-38-29-25-21-17-14-15-18-22-26-30-40-48-56-73(78)86-62-71(92-75(80)58-50-42-31-27-23-19-13-11-12-16-20-24-28-36-44-52-66(3)4)64-90-94(82,83)88-60-70(77)61-89-95(84,85)91-65-72(93-76(81)59-51-43-34-32-37-45-53-67(5)6)63-87-74(79)57-49-41-35-33-39-47-55-69(8)10-2/h66-72,77H,9-65H2,1-8H3,(H,82,83)(H,84,85)/t68?,69?,70-,71-,72-/m1/s1. The summed E-state index contributed by atoms with van der Waals surface area (Å²) in [6.07, 6.45) is 50.2. The lowest BCUT2D eigenvalue weighted by atomic mass is 9.99. The van der Waals surface area contributed by atoms with Gasteiger partial charge in [0.15, 0.2) is 12.2 Å². The second-order valence-corrected chi connectivity index (χ2v) is 31.7. The van der Waals surface area contributed by atoms with Crippen LogP contribution in [0.1, 0.15) is 383 Å². The first kappa shape index (κ1) is 93.1. The fourth-order valence-corrected chi connectivity index (χ4v) is 13.1. The predicted octanol–water partition coefficient (Wildman–Crippen LogP) is 22.0. The van der Waals surface area contributed by atoms with Gasteiger partial charge in [-0.15, -0.1) is 0 Å². The Morgan fingerprint density at radius 2 is 0.505 bits per heavy atom. The molecule has 0 aromatic carbocycles. The molecule has 0 aliphatic carbocycles. The number of esters is 4. The molecule has 0 aliphatic rings. The van der Waals surface area contributed by atoms with Gasteiger partial charge in [-0.25, -0.2) is 9.13 Å². The van der Waals surface area contributed by atoms with Crippen molar-refractivity contribution in [3.63, 3.8) is 0 Å². The largest absolute Gasteiger partial charge is 0.472 e. The van der Waals surface area contributed by atoms with Crippen LogP contribution in [0, 0.1) is 23.7 Å². The Labute approximate surface area is 581 Å². The maximum Gasteiger partial charge on any atom is 0.472 e. The minimum absolute atomic E-state index is 0.101. The molecule has 0 aromatic heterocycles. The van der Waals surface area contributed by atoms with E-state index in [1.165, 1.54) is 180 Å². The van der Waals surface area contributed by atoms with E-state index >= 15 is 0 Å². The van der Waals surface area contributed by atoms with Crippen molar-refractivity contribution in [1.82, 2.24) is 0 Å². The van der Waals surface area contributed by atoms with Crippen molar-refractivity contribution in [3.8, 4) is 0 Å². The van der Waals surface area contributed by atoms with Crippen molar-refractivity contribution in [2.75, 3.05) is 39.6 Å². The number of hydrogen-bond donors (Lipinski definition) is 3. The van der Waals surface area contributed by atoms with Crippen LogP contribution in [0.2, 0.25) is 0 Å². The molecule has 0 saturated heterocycles. The van der Waals surface area contributed by atoms with E-state index in [9.17, 15) is 43.2 Å². The molecule has 4 unspecified atom stereocenters. The molecule has 564 valence electrons. The molecule has 0 bridgehead atoms. The second-order valence-electron chi connectivity index (χ2n) is 28.8. The Morgan fingerprint density at radius 3 is 0.747 bits per heavy atom. The summed E-state index contributed by atoms with van der Waals surface area (Å²) in [5.74, 6) is 0.926. The molecule has 0 radical (unpaired) electrons. The first-order valence-electron chi connectivity index (χ1n) is 39.3. The number of rotatable bonds is 73. The highest BCUT2D eigenvalue weighted by Crippen LogP contribution is 2.45. The molecule has 95 heavy (non-hydrogen) atoms. The Bertz CT molecular complexity index is 1870. The van der Waals surface area contributed by atoms with Crippen molar-refractivity contribution < 1.29 is 80.2 Å². The number of unbranched alkanes of at least 4 members (excludes halogenated alkanes) is 37. The van der Waals surface area contributed by atoms with Crippen LogP contribution < -0.4 is 0 Å². The summed E-state index contributed by atoms with van der Waals surface area (Å²) in [5, 5.41) is 10.6. The van der Waals surface area contributed by atoms with Crippen LogP contribution in [0.5, 0.6) is 0 Å². The minimum atomic E-state index is -4.96. The van der Waals surface area contributed by atoms with Crippen LogP contribution in [-0.4, -0.2) is 96.7 Å². The molecular weight excluding hydrogens is 1250 g/mol. The lowest BCUT2D eigenvalue weighted by molar-refractivity contribution is -0.161. The fraction of sp³-hybridized carbons (Fsp3) is 0.947. The van der Waals surface area contributed by atoms with E-state index in [-0.39, 0.29) is 25.7 Å². The number of carbonyl (C=O) groups is 4. The zero-order valence-corrected chi connectivity index (χ0v) is 64.1. The Kier molecular flexibility index (Phi) is 64.0. The molecule has 0 saturated carbocycles. The summed E-state index contributed by atoms with van der Waals surface area (Å²) in [7, 11) is -9.91. The Morgan fingerprint density at radius 1 is 0.295 bits per heavy atom. The van der Waals surface area contributed by atoms with Gasteiger partial charge in [0.05, 0.1) is 26.4 Å². The van der Waals surface area contributed by atoms with Crippen molar-refractivity contribution in [3.05, 3.63) is 0 Å². The van der Waals surface area contributed by atoms with E-state index in [0.717, 1.165) is 114 Å². The van der Waals surface area contributed by atoms with Crippen LogP contribution in [-0.2, 0) is 65.4 Å². The highest BCUT2D eigenvalue weighted by Gasteiger charge is 2.30. The summed E-state index contributed by atoms with van der Waals surface area (Å²) >= 11 is 0. The lowest BCUT2D eigenvalue weighted by Gasteiger charge is -2.21. The zero-order valence-electron chi connectivity index (χ0n) is 62.3. The summed E-state index contributed by atoms with van der Waals surface area (Å²) in [4.78, 5) is 72.7. The van der Waals surface area contributed by atoms with Crippen molar-refractivity contribution in [1.29, 1.82) is 0 Å². The maximum absolute atomic E-state index is 13.1. The SMILES string of the molecule is CCC(C)CCCCCCCCCCCCCCCCC(=O)OC[C@H](COP(=O)(O)OC[C@@H](O)COP(=O)(O)OC[C@@H](COC(=O)CCCCCCCCC(C)CC)OC(=O)CCCCCCCCC(C)C)OC(=O)CCCCCCCCCCCCCCCCCC(C)C. The quantitative estimate of drug-likeness (QED) is 0.0222. The minimum Gasteiger partial charge on any atom is -0.462 e. The molecule has 0 aromatic rings. The van der Waals surface area contributed by atoms with Gasteiger partial charge < -0.3 is 33.8 Å². The van der Waals surface area contributed by atoms with Gasteiger partial charge in [0.1, 0.15) is 19.3 Å². The van der Waals surface area contributed by atoms with Gasteiger partial charge in [0.25, 0.3) is 0 Å². The molecule has 0 heterocycles. The molecule has 17 nitrogen and oxygen atoms in total. The first-order chi connectivity index (χ1) is 45.7. The van der Waals surface area contributed by atoms with E-state index in [2.05, 4.69) is 55.4 Å². The van der Waals surface area contributed by atoms with Gasteiger partial charge in [0.2, 0.25) is 0 Å². The molecule has 0 fully saturated rings. The monoisotopic (exact) mass is 1400 g/mol. The Hall–Kier alpha value is -1.94. The molecule has 7 atom stereocenters. The van der Waals surface area contributed by atoms with Crippen LogP contribution in [0.25, 0.3) is 0 Å². The number of phosphoric ester groups is 2. The number of hydrogen-bond acceptors (Lipinski definition) is 15. The molecule has 0 rings (SSSR count). The molecule has 0 aliphatic heterocycles. The second kappa shape index (κ2) is 65.4. The molecule has 19 heteroatoms. The number of aliphatic hydroxyl groups excluding tert-OH is 1. The summed E-state index contributed by atoms with van der Waals surface area (Å²) < 4.78 is 68.4. The number of phosphoric acid groups is 2. The number of carbonyl (C=O) groups excluding carboxylic acids is 4. The van der Waals surface area contributed by atoms with E-state index in [0.29, 0.717) is 31.6 Å². The molecule has 0 spiro atoms. The summed E-state index contributed by atoms with van der Waals surface area (Å²) in [6, 6.07) is 0. The Balaban J connectivity index is 5.21. The third kappa shape index (κ3) is 67.6. The molecular formula is C76H148O17P2. The number of aliphatic hydroxyl groups is 1. The third-order valence-corrected chi connectivity index (χ3v) is 20.2. The first-order valence-corrected chi connectivity index (χ1v) is 42.3. The predicted molar refractivity (Wildman–Crippen MR) is 386 cm³/mol. The van der Waals surface area contributed by atoms with Gasteiger partial charge in [0, 0.05) is 25.7 Å². The van der Waals surface area contributed by atoms with E-state index in [1.807, 2.05) is 0 Å². The molecule has 3 N–H and O–H groups in total. The van der Waals surface area contributed by atoms with Crippen molar-refractivity contribution in [2.45, 2.75) is 401 Å². The van der Waals surface area contributed by atoms with Crippen LogP contribution >= 0.6 is 15.6 Å². The summed E-state index contributed by atoms with van der Waals surface area (Å²) in [5.41, 5.74) is 0. The third-order valence-electron chi connectivity index (χ3n) is 18.3. The number of ether oxygens (including phenoxy) is 4. The van der Waals surface area contributed by atoms with Crippen LogP contribution in [0.15, 0.2) is 0 Å². The van der Waals surface area contributed by atoms with Crippen LogP contribution in [0.4, 0.5) is 0 Å². The topological polar surface area (TPSA) is 237 Å². The smallest absolute Gasteiger partial charge is 0.462 e. The van der Waals surface area contributed by atoms with E-state index < -0.39 is 97.5 Å². The molecule has 0 amide bonds. The highest BCUT2D eigenvalue weighted by atomic mass is 31.2. The highest BCUT2D eigenvalue weighted by molar-refractivity contribution is 7.47. The van der Waals surface area contributed by atoms with Crippen LogP contribution in [0.3, 0.4) is 0 Å². The normalized spacial score (nSPS) is 14.7. The van der Waals surface area contributed by atoms with E-state index in [4.69, 9.17) is 37.0 Å². The van der Waals surface area contributed by atoms with Gasteiger partial charge in [-0.2, -0.15) is 0 Å². The van der Waals surface area contributed by atoms with Gasteiger partial charge in [-0.3, -0.25) is 37.3 Å². The van der Waals surface area contributed by atoms with Gasteiger partial charge in [-0.1, -0.05) is 331 Å². The van der Waals surface area contributed by atoms with E-state index in [1.54, 1.807) is 0 Å². The fourth-order valence-electron chi connectivity index (χ4n) is 11.5. The van der Waals surface area contributed by atoms with Gasteiger partial charge >= 0.3 is 39.5 Å². The maximum atomic E-state index is 13.1. The van der Waals surface area contributed by atoms with Crippen molar-refractivity contribution >= 4 is 39.5 Å². The summed E-state index contributed by atoms with van der Waals surface area (Å²) in [6.45, 7) is 14.1. The lowest BCUT2D eigenvalue weighted by Crippen LogP contribution is -2.30. The average Bonchev–Trinajstić information content (AvgIpc) is 2.88. The van der Waals surface area contributed by atoms with Crippen molar-refractivity contribution in [2.24, 2.45) is 23.7 Å². The van der Waals surface area contributed by atoms with Gasteiger partial charge in [-0.05, 0) is 49.4 Å².